The summed E-state index contributed by atoms with van der Waals surface area (Å²) in [6, 6.07) is 0.374. The lowest BCUT2D eigenvalue weighted by molar-refractivity contribution is 0.275. The first-order valence-electron chi connectivity index (χ1n) is 4.38. The molecule has 1 aliphatic rings. The maximum Gasteiger partial charge on any atom is 0.153 e. The summed E-state index contributed by atoms with van der Waals surface area (Å²) in [4.78, 5) is 0. The zero-order chi connectivity index (χ0) is 9.35. The fourth-order valence-corrected chi connectivity index (χ4v) is 2.60. The first kappa shape index (κ1) is 9.99. The van der Waals surface area contributed by atoms with Crippen LogP contribution in [0.25, 0.3) is 0 Å². The van der Waals surface area contributed by atoms with Gasteiger partial charge in [0.05, 0.1) is 11.0 Å². The highest BCUT2D eigenvalue weighted by atomic mass is 32.2. The number of hydrogen-bond acceptors (Lipinski definition) is 3. The molecule has 0 radical (unpaired) electrons. The highest BCUT2D eigenvalue weighted by Gasteiger charge is 2.31. The van der Waals surface area contributed by atoms with Gasteiger partial charge in [0.1, 0.15) is 0 Å². The molecular formula is C8H17NO2S. The van der Waals surface area contributed by atoms with E-state index in [0.717, 1.165) is 6.54 Å². The summed E-state index contributed by atoms with van der Waals surface area (Å²) in [6.45, 7) is 6.37. The zero-order valence-electron chi connectivity index (χ0n) is 7.87. The number of nitrogens with one attached hydrogen (secondary N) is 1. The van der Waals surface area contributed by atoms with Gasteiger partial charge in [-0.3, -0.25) is 0 Å². The van der Waals surface area contributed by atoms with Crippen molar-refractivity contribution >= 4 is 9.84 Å². The Morgan fingerprint density at radius 3 is 2.33 bits per heavy atom. The molecule has 4 heteroatoms. The summed E-state index contributed by atoms with van der Waals surface area (Å²) in [6.07, 6.45) is 0. The Balaban J connectivity index is 2.51. The van der Waals surface area contributed by atoms with Crippen LogP contribution in [0.5, 0.6) is 0 Å². The molecular weight excluding hydrogens is 174 g/mol. The Hall–Kier alpha value is -0.0900. The molecule has 0 aromatic carbocycles. The first-order valence-corrected chi connectivity index (χ1v) is 6.10. The summed E-state index contributed by atoms with van der Waals surface area (Å²) in [5.41, 5.74) is 0. The van der Waals surface area contributed by atoms with Gasteiger partial charge >= 0.3 is 0 Å². The molecule has 72 valence electrons. The van der Waals surface area contributed by atoms with Crippen LogP contribution in [0.2, 0.25) is 0 Å². The van der Waals surface area contributed by atoms with Crippen molar-refractivity contribution in [3.8, 4) is 0 Å². The van der Waals surface area contributed by atoms with E-state index >= 15 is 0 Å². The van der Waals surface area contributed by atoms with E-state index in [9.17, 15) is 8.42 Å². The van der Waals surface area contributed by atoms with Crippen LogP contribution in [-0.2, 0) is 9.84 Å². The molecule has 1 N–H and O–H groups in total. The minimum atomic E-state index is -2.83. The van der Waals surface area contributed by atoms with Gasteiger partial charge in [0.25, 0.3) is 0 Å². The minimum absolute atomic E-state index is 0.231. The van der Waals surface area contributed by atoms with E-state index in [2.05, 4.69) is 5.32 Å². The topological polar surface area (TPSA) is 46.2 Å². The van der Waals surface area contributed by atoms with Crippen LogP contribution in [-0.4, -0.2) is 32.0 Å². The smallest absolute Gasteiger partial charge is 0.153 e. The molecule has 0 saturated carbocycles. The fraction of sp³-hybridized carbons (Fsp3) is 1.00. The number of rotatable bonds is 3. The van der Waals surface area contributed by atoms with Crippen molar-refractivity contribution in [1.82, 2.24) is 5.32 Å². The molecule has 0 aromatic heterocycles. The SMILES string of the molecule is CC(C)S(=O)(=O)C[C@H]1CN[C@@H]1C. The Morgan fingerprint density at radius 2 is 2.08 bits per heavy atom. The monoisotopic (exact) mass is 191 g/mol. The van der Waals surface area contributed by atoms with Gasteiger partial charge in [0, 0.05) is 18.5 Å². The van der Waals surface area contributed by atoms with Gasteiger partial charge in [-0.2, -0.15) is 0 Å². The maximum atomic E-state index is 11.5. The maximum absolute atomic E-state index is 11.5. The lowest BCUT2D eigenvalue weighted by atomic mass is 9.96. The van der Waals surface area contributed by atoms with Gasteiger partial charge in [-0.15, -0.1) is 0 Å². The third-order valence-corrected chi connectivity index (χ3v) is 4.90. The second-order valence-electron chi connectivity index (χ2n) is 3.84. The molecule has 0 aromatic rings. The van der Waals surface area contributed by atoms with Crippen LogP contribution in [0.15, 0.2) is 0 Å². The Bertz CT molecular complexity index is 246. The van der Waals surface area contributed by atoms with Gasteiger partial charge in [-0.25, -0.2) is 8.42 Å². The summed E-state index contributed by atoms with van der Waals surface area (Å²) < 4.78 is 22.9. The molecule has 12 heavy (non-hydrogen) atoms. The van der Waals surface area contributed by atoms with E-state index in [1.165, 1.54) is 0 Å². The largest absolute Gasteiger partial charge is 0.314 e. The molecule has 1 saturated heterocycles. The molecule has 1 aliphatic heterocycles. The van der Waals surface area contributed by atoms with Crippen molar-refractivity contribution in [2.45, 2.75) is 32.1 Å². The predicted octanol–water partition coefficient (Wildman–Crippen LogP) is 0.418. The molecule has 1 rings (SSSR count). The molecule has 2 atom stereocenters. The van der Waals surface area contributed by atoms with Crippen LogP contribution < -0.4 is 5.32 Å². The highest BCUT2D eigenvalue weighted by Crippen LogP contribution is 2.17. The average molecular weight is 191 g/mol. The second kappa shape index (κ2) is 3.34. The number of hydrogen-bond donors (Lipinski definition) is 1. The summed E-state index contributed by atoms with van der Waals surface area (Å²) in [5, 5.41) is 2.92. The summed E-state index contributed by atoms with van der Waals surface area (Å²) >= 11 is 0. The van der Waals surface area contributed by atoms with Crippen molar-refractivity contribution in [3.05, 3.63) is 0 Å². The van der Waals surface area contributed by atoms with E-state index < -0.39 is 9.84 Å². The molecule has 0 amide bonds. The van der Waals surface area contributed by atoms with Crippen molar-refractivity contribution in [2.75, 3.05) is 12.3 Å². The van der Waals surface area contributed by atoms with Gasteiger partial charge < -0.3 is 5.32 Å². The van der Waals surface area contributed by atoms with Crippen LogP contribution in [0.3, 0.4) is 0 Å². The molecule has 0 spiro atoms. The zero-order valence-corrected chi connectivity index (χ0v) is 8.69. The van der Waals surface area contributed by atoms with Crippen molar-refractivity contribution in [1.29, 1.82) is 0 Å². The standard InChI is InChI=1S/C8H17NO2S/c1-6(2)12(10,11)5-8-4-9-7(8)3/h6-9H,4-5H2,1-3H3/t7-,8-/m1/s1. The lowest BCUT2D eigenvalue weighted by Crippen LogP contribution is -2.54. The molecule has 1 fully saturated rings. The van der Waals surface area contributed by atoms with Crippen molar-refractivity contribution < 1.29 is 8.42 Å². The van der Waals surface area contributed by atoms with E-state index in [-0.39, 0.29) is 5.25 Å². The summed E-state index contributed by atoms with van der Waals surface area (Å²) in [7, 11) is -2.83. The molecule has 3 nitrogen and oxygen atoms in total. The third-order valence-electron chi connectivity index (χ3n) is 2.57. The Kier molecular flexibility index (Phi) is 2.78. The predicted molar refractivity (Wildman–Crippen MR) is 49.9 cm³/mol. The van der Waals surface area contributed by atoms with Crippen LogP contribution in [0.1, 0.15) is 20.8 Å². The molecule has 0 unspecified atom stereocenters. The summed E-state index contributed by atoms with van der Waals surface area (Å²) in [5.74, 6) is 0.677. The highest BCUT2D eigenvalue weighted by molar-refractivity contribution is 7.91. The van der Waals surface area contributed by atoms with Crippen LogP contribution >= 0.6 is 0 Å². The molecule has 0 bridgehead atoms. The molecule has 0 aliphatic carbocycles. The van der Waals surface area contributed by atoms with Gasteiger partial charge in [-0.1, -0.05) is 0 Å². The number of sulfone groups is 1. The van der Waals surface area contributed by atoms with Gasteiger partial charge in [-0.05, 0) is 20.8 Å². The van der Waals surface area contributed by atoms with E-state index in [4.69, 9.17) is 0 Å². The van der Waals surface area contributed by atoms with E-state index in [0.29, 0.717) is 17.7 Å². The fourth-order valence-electron chi connectivity index (χ4n) is 1.21. The van der Waals surface area contributed by atoms with E-state index in [1.807, 2.05) is 6.92 Å². The van der Waals surface area contributed by atoms with Gasteiger partial charge in [0.15, 0.2) is 9.84 Å². The van der Waals surface area contributed by atoms with E-state index in [1.54, 1.807) is 13.8 Å². The normalized spacial score (nSPS) is 30.3. The Labute approximate surface area is 74.5 Å². The van der Waals surface area contributed by atoms with Crippen molar-refractivity contribution in [3.63, 3.8) is 0 Å². The third kappa shape index (κ3) is 1.98. The second-order valence-corrected chi connectivity index (χ2v) is 6.44. The average Bonchev–Trinajstić information content (AvgIpc) is 1.97. The van der Waals surface area contributed by atoms with Crippen LogP contribution in [0, 0.1) is 5.92 Å². The quantitative estimate of drug-likeness (QED) is 0.703. The minimum Gasteiger partial charge on any atom is -0.314 e. The van der Waals surface area contributed by atoms with Crippen LogP contribution in [0.4, 0.5) is 0 Å². The first-order chi connectivity index (χ1) is 5.43. The van der Waals surface area contributed by atoms with Crippen molar-refractivity contribution in [2.24, 2.45) is 5.92 Å². The Morgan fingerprint density at radius 1 is 1.50 bits per heavy atom. The lowest BCUT2D eigenvalue weighted by Gasteiger charge is -2.35. The van der Waals surface area contributed by atoms with Gasteiger partial charge in [0.2, 0.25) is 0 Å². The molecule has 1 heterocycles.